The van der Waals surface area contributed by atoms with Crippen molar-refractivity contribution in [3.8, 4) is 5.69 Å². The van der Waals surface area contributed by atoms with Crippen LogP contribution < -0.4 is 5.32 Å². The van der Waals surface area contributed by atoms with Gasteiger partial charge in [-0.05, 0) is 38.0 Å². The number of hydrogen-bond donors (Lipinski definition) is 1. The highest BCUT2D eigenvalue weighted by Crippen LogP contribution is 2.19. The molecule has 1 aromatic heterocycles. The van der Waals surface area contributed by atoms with E-state index in [9.17, 15) is 4.39 Å². The Hall–Kier alpha value is -2.45. The van der Waals surface area contributed by atoms with Crippen LogP contribution in [0.2, 0.25) is 0 Å². The number of nitrogens with zero attached hydrogens (tertiary/aromatic N) is 4. The summed E-state index contributed by atoms with van der Waals surface area (Å²) in [7, 11) is 1.68. The van der Waals surface area contributed by atoms with Gasteiger partial charge in [-0.25, -0.2) is 14.4 Å². The van der Waals surface area contributed by atoms with Gasteiger partial charge in [0.1, 0.15) is 11.6 Å². The number of nitrogens with one attached hydrogen (secondary N) is 1. The maximum absolute atomic E-state index is 14.6. The Morgan fingerprint density at radius 2 is 2.23 bits per heavy atom. The van der Waals surface area contributed by atoms with Crippen LogP contribution in [-0.4, -0.2) is 67.0 Å². The molecule has 7 nitrogen and oxygen atoms in total. The van der Waals surface area contributed by atoms with Gasteiger partial charge in [-0.15, -0.1) is 0 Å². The summed E-state index contributed by atoms with van der Waals surface area (Å²) in [4.78, 5) is 11.2. The van der Waals surface area contributed by atoms with Crippen LogP contribution in [0.5, 0.6) is 0 Å². The Balaban J connectivity index is 1.61. The fourth-order valence-electron chi connectivity index (χ4n) is 3.62. The van der Waals surface area contributed by atoms with Gasteiger partial charge in [0.2, 0.25) is 0 Å². The number of likely N-dealkylation sites (tertiary alicyclic amines) is 1. The van der Waals surface area contributed by atoms with Crippen LogP contribution in [0, 0.1) is 18.7 Å². The van der Waals surface area contributed by atoms with Crippen molar-refractivity contribution in [3.63, 3.8) is 0 Å². The molecule has 2 aromatic rings. The molecule has 1 fully saturated rings. The quantitative estimate of drug-likeness (QED) is 0.386. The number of ether oxygens (including phenoxy) is 2. The van der Waals surface area contributed by atoms with Crippen LogP contribution in [0.3, 0.4) is 0 Å². The first-order valence-electron chi connectivity index (χ1n) is 10.5. The lowest BCUT2D eigenvalue weighted by Gasteiger charge is -2.21. The molecule has 1 atom stereocenters. The minimum Gasteiger partial charge on any atom is -0.382 e. The minimum atomic E-state index is -0.275. The molecule has 3 rings (SSSR count). The van der Waals surface area contributed by atoms with E-state index in [2.05, 4.69) is 22.1 Å². The van der Waals surface area contributed by atoms with Crippen molar-refractivity contribution < 1.29 is 13.9 Å². The molecule has 0 bridgehead atoms. The van der Waals surface area contributed by atoms with E-state index in [0.29, 0.717) is 31.4 Å². The van der Waals surface area contributed by atoms with Crippen molar-refractivity contribution in [2.45, 2.75) is 26.8 Å². The van der Waals surface area contributed by atoms with Gasteiger partial charge in [0.15, 0.2) is 5.96 Å². The topological polar surface area (TPSA) is 63.9 Å². The first-order valence-corrected chi connectivity index (χ1v) is 10.5. The first-order chi connectivity index (χ1) is 14.6. The van der Waals surface area contributed by atoms with Crippen molar-refractivity contribution >= 4 is 5.96 Å². The number of aryl methyl sites for hydroxylation is 1. The molecule has 164 valence electrons. The van der Waals surface area contributed by atoms with Gasteiger partial charge in [0.05, 0.1) is 32.1 Å². The summed E-state index contributed by atoms with van der Waals surface area (Å²) >= 11 is 0. The summed E-state index contributed by atoms with van der Waals surface area (Å²) in [6.07, 6.45) is 4.50. The number of aromatic nitrogens is 2. The van der Waals surface area contributed by atoms with Gasteiger partial charge in [0.25, 0.3) is 0 Å². The molecule has 30 heavy (non-hydrogen) atoms. The summed E-state index contributed by atoms with van der Waals surface area (Å²) < 4.78 is 27.1. The van der Waals surface area contributed by atoms with Crippen molar-refractivity contribution in [2.75, 3.05) is 46.6 Å². The molecule has 0 radical (unpaired) electrons. The van der Waals surface area contributed by atoms with Crippen molar-refractivity contribution in [1.29, 1.82) is 0 Å². The third-order valence-corrected chi connectivity index (χ3v) is 5.21. The second-order valence-electron chi connectivity index (χ2n) is 7.47. The predicted octanol–water partition coefficient (Wildman–Crippen LogP) is 2.77. The van der Waals surface area contributed by atoms with E-state index in [0.717, 1.165) is 50.0 Å². The SMILES string of the molecule is CCNC(=NCc1ccc(-n2ccnc2C)c(F)c1)N1CCC(COCCOC)C1. The average Bonchev–Trinajstić information content (AvgIpc) is 3.38. The van der Waals surface area contributed by atoms with E-state index in [4.69, 9.17) is 14.5 Å². The average molecular weight is 418 g/mol. The molecule has 0 amide bonds. The van der Waals surface area contributed by atoms with E-state index in [1.165, 1.54) is 0 Å². The van der Waals surface area contributed by atoms with Crippen molar-refractivity contribution in [2.24, 2.45) is 10.9 Å². The number of methoxy groups -OCH3 is 1. The second kappa shape index (κ2) is 11.1. The van der Waals surface area contributed by atoms with Crippen molar-refractivity contribution in [1.82, 2.24) is 19.8 Å². The Morgan fingerprint density at radius 1 is 1.37 bits per heavy atom. The van der Waals surface area contributed by atoms with Gasteiger partial charge >= 0.3 is 0 Å². The van der Waals surface area contributed by atoms with E-state index >= 15 is 0 Å². The van der Waals surface area contributed by atoms with Crippen LogP contribution in [0.4, 0.5) is 4.39 Å². The van der Waals surface area contributed by atoms with E-state index in [-0.39, 0.29) is 5.82 Å². The largest absolute Gasteiger partial charge is 0.382 e. The number of rotatable bonds is 9. The summed E-state index contributed by atoms with van der Waals surface area (Å²) in [5, 5.41) is 3.36. The zero-order chi connectivity index (χ0) is 21.3. The normalized spacial score (nSPS) is 17.0. The zero-order valence-electron chi connectivity index (χ0n) is 18.1. The number of imidazole rings is 1. The monoisotopic (exact) mass is 417 g/mol. The molecule has 1 aliphatic rings. The standard InChI is InChI=1S/C22H32FN5O2/c1-4-24-22(27-9-7-19(15-27)16-30-12-11-29-3)26-14-18-5-6-21(20(23)13-18)28-10-8-25-17(28)2/h5-6,8,10,13,19H,4,7,9,11-12,14-16H2,1-3H3,(H,24,26). The van der Waals surface area contributed by atoms with Crippen molar-refractivity contribution in [3.05, 3.63) is 47.8 Å². The summed E-state index contributed by atoms with van der Waals surface area (Å²) in [5.41, 5.74) is 1.34. The molecule has 2 heterocycles. The predicted molar refractivity (Wildman–Crippen MR) is 115 cm³/mol. The van der Waals surface area contributed by atoms with E-state index < -0.39 is 0 Å². The number of hydrogen-bond acceptors (Lipinski definition) is 4. The molecule has 0 spiro atoms. The lowest BCUT2D eigenvalue weighted by Crippen LogP contribution is -2.40. The number of guanidine groups is 1. The lowest BCUT2D eigenvalue weighted by molar-refractivity contribution is 0.0536. The van der Waals surface area contributed by atoms with Crippen LogP contribution in [0.15, 0.2) is 35.6 Å². The maximum Gasteiger partial charge on any atom is 0.194 e. The second-order valence-corrected chi connectivity index (χ2v) is 7.47. The highest BCUT2D eigenvalue weighted by molar-refractivity contribution is 5.80. The van der Waals surface area contributed by atoms with Gasteiger partial charge in [-0.1, -0.05) is 6.07 Å². The third kappa shape index (κ3) is 5.79. The Labute approximate surface area is 177 Å². The summed E-state index contributed by atoms with van der Waals surface area (Å²) in [6, 6.07) is 5.25. The molecule has 1 unspecified atom stereocenters. The molecule has 0 aliphatic carbocycles. The molecule has 1 aliphatic heterocycles. The number of aliphatic imine (C=N–C) groups is 1. The van der Waals surface area contributed by atoms with Gasteiger partial charge in [-0.3, -0.25) is 0 Å². The van der Waals surface area contributed by atoms with E-state index in [1.54, 1.807) is 36.2 Å². The van der Waals surface area contributed by atoms with Gasteiger partial charge < -0.3 is 24.3 Å². The highest BCUT2D eigenvalue weighted by Gasteiger charge is 2.25. The van der Waals surface area contributed by atoms with Crippen LogP contribution >= 0.6 is 0 Å². The van der Waals surface area contributed by atoms with E-state index in [1.807, 2.05) is 13.0 Å². The fourth-order valence-corrected chi connectivity index (χ4v) is 3.62. The molecule has 0 saturated carbocycles. The highest BCUT2D eigenvalue weighted by atomic mass is 19.1. The summed E-state index contributed by atoms with van der Waals surface area (Å²) in [6.45, 7) is 8.96. The zero-order valence-corrected chi connectivity index (χ0v) is 18.1. The van der Waals surface area contributed by atoms with Crippen LogP contribution in [0.1, 0.15) is 24.7 Å². The van der Waals surface area contributed by atoms with Crippen LogP contribution in [0.25, 0.3) is 5.69 Å². The molecule has 1 N–H and O–H groups in total. The molecular weight excluding hydrogens is 385 g/mol. The minimum absolute atomic E-state index is 0.275. The number of halogens is 1. The lowest BCUT2D eigenvalue weighted by atomic mass is 10.1. The third-order valence-electron chi connectivity index (χ3n) is 5.21. The Kier molecular flexibility index (Phi) is 8.21. The number of benzene rings is 1. The molecule has 1 aromatic carbocycles. The first kappa shape index (κ1) is 22.2. The van der Waals surface area contributed by atoms with Gasteiger partial charge in [-0.2, -0.15) is 0 Å². The Bertz CT molecular complexity index is 839. The molecule has 1 saturated heterocycles. The van der Waals surface area contributed by atoms with Crippen LogP contribution in [-0.2, 0) is 16.0 Å². The molecule has 8 heteroatoms. The smallest absolute Gasteiger partial charge is 0.194 e. The molecular formula is C22H32FN5O2. The van der Waals surface area contributed by atoms with Gasteiger partial charge in [0, 0.05) is 45.1 Å². The fraction of sp³-hybridized carbons (Fsp3) is 0.545. The summed E-state index contributed by atoms with van der Waals surface area (Å²) in [5.74, 6) is 1.83. The Morgan fingerprint density at radius 3 is 2.93 bits per heavy atom. The maximum atomic E-state index is 14.6.